The number of aromatic nitrogens is 5. The largest absolute Gasteiger partial charge is 0.504 e. The molecule has 0 bridgehead atoms. The average molecular weight is 794 g/mol. The van der Waals surface area contributed by atoms with Crippen LogP contribution in [0, 0.1) is 6.92 Å². The Hall–Kier alpha value is -5.50. The number of hydrogen-bond donors (Lipinski definition) is 7. The van der Waals surface area contributed by atoms with Crippen LogP contribution in [0.2, 0.25) is 0 Å². The summed E-state index contributed by atoms with van der Waals surface area (Å²) in [5.41, 5.74) is 4.96. The highest BCUT2D eigenvalue weighted by Crippen LogP contribution is 2.42. The van der Waals surface area contributed by atoms with Crippen LogP contribution in [0.4, 0.5) is 5.13 Å². The molecule has 25 heteroatoms. The number of benzene rings is 1. The molecule has 4 aromatic rings. The van der Waals surface area contributed by atoms with Crippen molar-refractivity contribution in [3.63, 3.8) is 0 Å². The Morgan fingerprint density at radius 1 is 1.17 bits per heavy atom. The monoisotopic (exact) mass is 793 g/mol. The van der Waals surface area contributed by atoms with Crippen LogP contribution in [-0.4, -0.2) is 115 Å². The fraction of sp³-hybridized carbons (Fsp3) is 0.222. The molecule has 0 radical (unpaired) electrons. The SMILES string of the molecule is Cc1cc(SCC2=C(C(=O)O)N3C(=O)[C@@H](NC(=O)/C(=N\OCc4ccc(O)c(O)c4C(=O)O)c4csc(N)n4)[C@H]3SC2)n2nc(S(=O)(=O)O)nc2n1. The lowest BCUT2D eigenvalue weighted by atomic mass is 10.0. The van der Waals surface area contributed by atoms with Crippen molar-refractivity contribution in [2.24, 2.45) is 5.16 Å². The number of aromatic carboxylic acids is 1. The molecular formula is C27H23N9O12S4. The van der Waals surface area contributed by atoms with Gasteiger partial charge in [-0.05, 0) is 24.6 Å². The predicted octanol–water partition coefficient (Wildman–Crippen LogP) is 0.279. The third-order valence-electron chi connectivity index (χ3n) is 7.36. The molecule has 8 N–H and O–H groups in total. The fourth-order valence-electron chi connectivity index (χ4n) is 5.06. The Labute approximate surface area is 303 Å². The molecule has 0 saturated carbocycles. The van der Waals surface area contributed by atoms with Crippen LogP contribution in [0.1, 0.15) is 27.3 Å². The van der Waals surface area contributed by atoms with Crippen molar-refractivity contribution in [2.75, 3.05) is 17.2 Å². The van der Waals surface area contributed by atoms with Gasteiger partial charge in [0.15, 0.2) is 22.3 Å². The highest BCUT2D eigenvalue weighted by atomic mass is 32.2. The standard InChI is InChI=1S/C27H23N9O12S4/c1-9-4-14(36-26(29-9)32-27(33-36)52(45,46)47)49-6-11-7-50-22-17(21(40)35(22)18(11)24(43)44)31-20(39)16(12-8-51-25(28)30-12)34-48-5-10-2-3-13(37)19(38)15(10)23(41)42/h2-4,8,17,22,37-38H,5-7H2,1H3,(H2,28,30)(H,31,39)(H,41,42)(H,43,44)(H,45,46,47)/b34-16-/t17-,22-/m1/s1. The molecular weight excluding hydrogens is 771 g/mol. The Morgan fingerprint density at radius 2 is 1.92 bits per heavy atom. The van der Waals surface area contributed by atoms with Crippen molar-refractivity contribution in [3.05, 3.63) is 57.4 Å². The number of phenols is 2. The van der Waals surface area contributed by atoms with Crippen LogP contribution in [0.5, 0.6) is 11.5 Å². The Morgan fingerprint density at radius 3 is 2.58 bits per heavy atom. The molecule has 1 aromatic carbocycles. The smallest absolute Gasteiger partial charge is 0.352 e. The fourth-order valence-corrected chi connectivity index (χ4v) is 8.53. The van der Waals surface area contributed by atoms with Gasteiger partial charge in [-0.2, -0.15) is 17.9 Å². The maximum absolute atomic E-state index is 13.5. The molecule has 2 aliphatic rings. The van der Waals surface area contributed by atoms with Gasteiger partial charge < -0.3 is 36.3 Å². The number of carbonyl (C=O) groups is 4. The number of nitrogens with zero attached hydrogens (tertiary/aromatic N) is 7. The zero-order valence-electron chi connectivity index (χ0n) is 26.0. The third-order valence-corrected chi connectivity index (χ3v) is 11.1. The lowest BCUT2D eigenvalue weighted by Crippen LogP contribution is -2.71. The van der Waals surface area contributed by atoms with Crippen molar-refractivity contribution in [3.8, 4) is 11.5 Å². The van der Waals surface area contributed by atoms with Crippen molar-refractivity contribution >= 4 is 85.4 Å². The second-order valence-electron chi connectivity index (χ2n) is 10.8. The number of phenolic OH excluding ortho intramolecular Hbond substituents is 1. The van der Waals surface area contributed by atoms with E-state index in [1.54, 1.807) is 13.0 Å². The Kier molecular flexibility index (Phi) is 9.71. The van der Waals surface area contributed by atoms with Crippen molar-refractivity contribution in [1.29, 1.82) is 0 Å². The number of aryl methyl sites for hydroxylation is 1. The number of aromatic hydroxyl groups is 2. The lowest BCUT2D eigenvalue weighted by Gasteiger charge is -2.49. The van der Waals surface area contributed by atoms with Crippen molar-refractivity contribution < 1.29 is 57.4 Å². The molecule has 21 nitrogen and oxygen atoms in total. The minimum absolute atomic E-state index is 0.0174. The number of carbonyl (C=O) groups excluding carboxylic acids is 2. The number of rotatable bonds is 12. The van der Waals surface area contributed by atoms with E-state index in [-0.39, 0.29) is 39.4 Å². The van der Waals surface area contributed by atoms with Gasteiger partial charge in [-0.15, -0.1) is 40.0 Å². The summed E-state index contributed by atoms with van der Waals surface area (Å²) in [7, 11) is -4.73. The van der Waals surface area contributed by atoms with Crippen molar-refractivity contribution in [2.45, 2.75) is 35.1 Å². The summed E-state index contributed by atoms with van der Waals surface area (Å²) < 4.78 is 33.6. The number of fused-ring (bicyclic) bond motifs is 2. The van der Waals surface area contributed by atoms with Crippen LogP contribution >= 0.6 is 34.9 Å². The molecule has 0 spiro atoms. The molecule has 1 saturated heterocycles. The summed E-state index contributed by atoms with van der Waals surface area (Å²) in [5, 5.41) is 49.4. The van der Waals surface area contributed by atoms with Gasteiger partial charge in [-0.3, -0.25) is 19.0 Å². The van der Waals surface area contributed by atoms with E-state index < -0.39 is 79.8 Å². The number of β-lactam (4-membered cyclic amide) rings is 1. The van der Waals surface area contributed by atoms with E-state index in [2.05, 4.69) is 30.5 Å². The summed E-state index contributed by atoms with van der Waals surface area (Å²) in [6, 6.07) is 2.56. The predicted molar refractivity (Wildman–Crippen MR) is 180 cm³/mol. The van der Waals surface area contributed by atoms with Gasteiger partial charge in [0.05, 0.1) is 0 Å². The highest BCUT2D eigenvalue weighted by molar-refractivity contribution is 8.01. The van der Waals surface area contributed by atoms with E-state index in [1.165, 1.54) is 23.2 Å². The number of oxime groups is 1. The van der Waals surface area contributed by atoms with E-state index in [1.807, 2.05) is 0 Å². The first-order valence-electron chi connectivity index (χ1n) is 14.3. The minimum atomic E-state index is -4.73. The number of carboxylic acids is 2. The van der Waals surface area contributed by atoms with Crippen LogP contribution in [0.15, 0.2) is 50.2 Å². The lowest BCUT2D eigenvalue weighted by molar-refractivity contribution is -0.150. The zero-order chi connectivity index (χ0) is 37.6. The number of nitrogens with two attached hydrogens (primary N) is 1. The summed E-state index contributed by atoms with van der Waals surface area (Å²) >= 11 is 3.20. The molecule has 6 rings (SSSR count). The normalized spacial score (nSPS) is 17.5. The number of hydrogen-bond acceptors (Lipinski definition) is 18. The molecule has 0 unspecified atom stereocenters. The number of anilines is 1. The number of thiazole rings is 1. The van der Waals surface area contributed by atoms with E-state index in [4.69, 9.17) is 10.6 Å². The number of aliphatic carboxylic acids is 1. The molecule has 2 amide bonds. The Bertz CT molecular complexity index is 2360. The first-order valence-corrected chi connectivity index (χ1v) is 18.6. The van der Waals surface area contributed by atoms with Gasteiger partial charge >= 0.3 is 22.1 Å². The van der Waals surface area contributed by atoms with Crippen LogP contribution < -0.4 is 11.1 Å². The summed E-state index contributed by atoms with van der Waals surface area (Å²) in [5.74, 6) is -6.22. The molecule has 2 aliphatic heterocycles. The van der Waals surface area contributed by atoms with Crippen molar-refractivity contribution in [1.82, 2.24) is 34.8 Å². The number of amides is 2. The molecule has 0 aliphatic carbocycles. The number of carboxylic acid groups (broad SMARTS) is 2. The summed E-state index contributed by atoms with van der Waals surface area (Å²) in [4.78, 5) is 69.1. The van der Waals surface area contributed by atoms with Gasteiger partial charge in [0, 0.05) is 28.1 Å². The third kappa shape index (κ3) is 6.90. The number of nitrogens with one attached hydrogen (secondary N) is 1. The maximum Gasteiger partial charge on any atom is 0.352 e. The summed E-state index contributed by atoms with van der Waals surface area (Å²) in [6.07, 6.45) is 0. The quantitative estimate of drug-likeness (QED) is 0.0193. The van der Waals surface area contributed by atoms with E-state index >= 15 is 0 Å². The highest BCUT2D eigenvalue weighted by Gasteiger charge is 2.54. The first-order chi connectivity index (χ1) is 24.5. The molecule has 5 heterocycles. The van der Waals surface area contributed by atoms with Gasteiger partial charge in [0.2, 0.25) is 0 Å². The van der Waals surface area contributed by atoms with E-state index in [9.17, 15) is 52.6 Å². The maximum atomic E-state index is 13.5. The molecule has 3 aromatic heterocycles. The topological polar surface area (TPSA) is 322 Å². The second kappa shape index (κ2) is 13.9. The minimum Gasteiger partial charge on any atom is -0.504 e. The Balaban J connectivity index is 1.20. The van der Waals surface area contributed by atoms with Crippen LogP contribution in [0.3, 0.4) is 0 Å². The second-order valence-corrected chi connectivity index (χ2v) is 15.1. The van der Waals surface area contributed by atoms with Gasteiger partial charge in [0.1, 0.15) is 40.0 Å². The van der Waals surface area contributed by atoms with Crippen LogP contribution in [-0.2, 0) is 35.9 Å². The van der Waals surface area contributed by atoms with Gasteiger partial charge in [0.25, 0.3) is 22.7 Å². The first kappa shape index (κ1) is 36.3. The molecule has 2 atom stereocenters. The molecule has 52 heavy (non-hydrogen) atoms. The average Bonchev–Trinajstić information content (AvgIpc) is 3.71. The number of thioether (sulfide) groups is 2. The van der Waals surface area contributed by atoms with Crippen LogP contribution in [0.25, 0.3) is 5.78 Å². The van der Waals surface area contributed by atoms with E-state index in [0.29, 0.717) is 16.3 Å². The molecule has 272 valence electrons. The molecule has 1 fully saturated rings. The number of nitrogen functional groups attached to an aromatic ring is 1. The van der Waals surface area contributed by atoms with Gasteiger partial charge in [-0.1, -0.05) is 11.2 Å². The van der Waals surface area contributed by atoms with E-state index in [0.717, 1.165) is 38.6 Å². The summed E-state index contributed by atoms with van der Waals surface area (Å²) in [6.45, 7) is 1.04. The zero-order valence-corrected chi connectivity index (χ0v) is 29.3. The van der Waals surface area contributed by atoms with Gasteiger partial charge in [-0.25, -0.2) is 19.6 Å².